The maximum atomic E-state index is 12.0. The van der Waals surface area contributed by atoms with Crippen LogP contribution in [0.15, 0.2) is 34.3 Å². The molecule has 11 heteroatoms. The lowest BCUT2D eigenvalue weighted by Crippen LogP contribution is -2.17. The van der Waals surface area contributed by atoms with Gasteiger partial charge in [-0.2, -0.15) is 0 Å². The Labute approximate surface area is 142 Å². The summed E-state index contributed by atoms with van der Waals surface area (Å²) in [4.78, 5) is 11.9. The summed E-state index contributed by atoms with van der Waals surface area (Å²) in [6.07, 6.45) is 2.11. The van der Waals surface area contributed by atoms with E-state index in [4.69, 9.17) is 11.0 Å². The Morgan fingerprint density at radius 2 is 2.12 bits per heavy atom. The molecule has 1 saturated carbocycles. The molecular weight excluding hydrogens is 352 g/mol. The Bertz CT molecular complexity index is 876. The summed E-state index contributed by atoms with van der Waals surface area (Å²) in [6, 6.07) is 5.74. The van der Waals surface area contributed by atoms with Gasteiger partial charge in [-0.15, -0.1) is 10.2 Å². The molecule has 0 radical (unpaired) electrons. The molecule has 9 nitrogen and oxygen atoms in total. The van der Waals surface area contributed by atoms with Gasteiger partial charge in [0.05, 0.1) is 10.6 Å². The summed E-state index contributed by atoms with van der Waals surface area (Å²) in [7, 11) is -3.82. The van der Waals surface area contributed by atoms with Gasteiger partial charge in [-0.25, -0.2) is 18.2 Å². The average molecular weight is 368 g/mol. The number of benzene rings is 1. The molecule has 0 bridgehead atoms. The number of carbonyl (C=O) groups excluding carboxylic acids is 1. The Hall–Kier alpha value is -2.11. The van der Waals surface area contributed by atoms with Crippen molar-refractivity contribution in [3.63, 3.8) is 0 Å². The fourth-order valence-corrected chi connectivity index (χ4v) is 3.31. The van der Waals surface area contributed by atoms with Gasteiger partial charge in [0.25, 0.3) is 0 Å². The molecule has 24 heavy (non-hydrogen) atoms. The van der Waals surface area contributed by atoms with Crippen LogP contribution in [0.4, 0.5) is 5.69 Å². The largest absolute Gasteiger partial charge is 0.336 e. The van der Waals surface area contributed by atoms with E-state index >= 15 is 0 Å². The van der Waals surface area contributed by atoms with Crippen molar-refractivity contribution in [3.05, 3.63) is 30.1 Å². The van der Waals surface area contributed by atoms with Crippen LogP contribution in [-0.4, -0.2) is 35.0 Å². The van der Waals surface area contributed by atoms with Crippen LogP contribution in [-0.2, 0) is 14.8 Å². The molecule has 1 aromatic heterocycles. The number of primary sulfonamides is 1. The van der Waals surface area contributed by atoms with Gasteiger partial charge in [0.15, 0.2) is 5.82 Å². The molecule has 2 aromatic rings. The number of nitrogens with zero attached hydrogens (tertiary/aromatic N) is 3. The van der Waals surface area contributed by atoms with Gasteiger partial charge in [0.2, 0.25) is 21.1 Å². The van der Waals surface area contributed by atoms with Gasteiger partial charge >= 0.3 is 0 Å². The van der Waals surface area contributed by atoms with Crippen LogP contribution < -0.4 is 16.3 Å². The van der Waals surface area contributed by atoms with Crippen molar-refractivity contribution < 1.29 is 13.2 Å². The zero-order valence-corrected chi connectivity index (χ0v) is 14.2. The van der Waals surface area contributed by atoms with E-state index in [1.165, 1.54) is 22.9 Å². The van der Waals surface area contributed by atoms with Crippen LogP contribution in [0.2, 0.25) is 0 Å². The zero-order valence-electron chi connectivity index (χ0n) is 12.5. The summed E-state index contributed by atoms with van der Waals surface area (Å²) in [5, 5.41) is 16.1. The topological polar surface area (TPSA) is 146 Å². The minimum Gasteiger partial charge on any atom is -0.336 e. The molecule has 1 fully saturated rings. The summed E-state index contributed by atoms with van der Waals surface area (Å²) >= 11 is 1.16. The number of nitrogens with one attached hydrogen (secondary N) is 1. The van der Waals surface area contributed by atoms with Crippen molar-refractivity contribution >= 4 is 33.4 Å². The molecule has 1 aliphatic rings. The van der Waals surface area contributed by atoms with Crippen molar-refractivity contribution in [1.29, 1.82) is 0 Å². The van der Waals surface area contributed by atoms with E-state index in [-0.39, 0.29) is 16.6 Å². The first kappa shape index (κ1) is 16.7. The van der Waals surface area contributed by atoms with Gasteiger partial charge in [0, 0.05) is 11.6 Å². The summed E-state index contributed by atoms with van der Waals surface area (Å²) < 4.78 is 24.0. The van der Waals surface area contributed by atoms with Crippen LogP contribution in [0, 0.1) is 0 Å². The minimum absolute atomic E-state index is 0.0660. The molecule has 0 spiro atoms. The van der Waals surface area contributed by atoms with Crippen molar-refractivity contribution in [2.24, 2.45) is 5.14 Å². The summed E-state index contributed by atoms with van der Waals surface area (Å²) in [6.45, 7) is 0. The number of aromatic nitrogens is 3. The third-order valence-electron chi connectivity index (χ3n) is 3.41. The average Bonchev–Trinajstić information content (AvgIpc) is 3.29. The molecule has 0 unspecified atom stereocenters. The predicted octanol–water partition coefficient (Wildman–Crippen LogP) is 0.247. The SMILES string of the molecule is Nn1c(SCC(=O)Nc2cccc(S(N)(=O)=O)c2)nnc1C1CC1. The second-order valence-corrected chi connectivity index (χ2v) is 7.90. The molecule has 1 heterocycles. The molecule has 0 atom stereocenters. The standard InChI is InChI=1S/C13H16N6O3S2/c14-19-12(8-4-5-8)17-18-13(19)23-7-11(20)16-9-2-1-3-10(6-9)24(15,21)22/h1-3,6,8H,4-5,7,14H2,(H,16,20)(H2,15,21,22). The van der Waals surface area contributed by atoms with E-state index in [1.54, 1.807) is 6.07 Å². The maximum absolute atomic E-state index is 12.0. The molecule has 1 aliphatic carbocycles. The maximum Gasteiger partial charge on any atom is 0.238 e. The molecule has 0 aliphatic heterocycles. The van der Waals surface area contributed by atoms with Crippen molar-refractivity contribution in [2.45, 2.75) is 28.8 Å². The smallest absolute Gasteiger partial charge is 0.238 e. The van der Waals surface area contributed by atoms with Gasteiger partial charge < -0.3 is 11.2 Å². The van der Waals surface area contributed by atoms with Gasteiger partial charge in [-0.1, -0.05) is 17.8 Å². The van der Waals surface area contributed by atoms with Gasteiger partial charge in [-0.3, -0.25) is 4.79 Å². The normalized spacial score (nSPS) is 14.5. The number of hydrogen-bond acceptors (Lipinski definition) is 7. The number of amides is 1. The second kappa shape index (κ2) is 6.42. The molecule has 1 aromatic carbocycles. The quantitative estimate of drug-likeness (QED) is 0.489. The van der Waals surface area contributed by atoms with E-state index in [0.717, 1.165) is 30.4 Å². The van der Waals surface area contributed by atoms with Crippen molar-refractivity contribution in [2.75, 3.05) is 16.9 Å². The Morgan fingerprint density at radius 3 is 2.79 bits per heavy atom. The van der Waals surface area contributed by atoms with Crippen molar-refractivity contribution in [1.82, 2.24) is 14.9 Å². The Morgan fingerprint density at radius 1 is 1.38 bits per heavy atom. The Kier molecular flexibility index (Phi) is 4.47. The van der Waals surface area contributed by atoms with Crippen LogP contribution in [0.3, 0.4) is 0 Å². The number of anilines is 1. The van der Waals surface area contributed by atoms with Gasteiger partial charge in [-0.05, 0) is 31.0 Å². The van der Waals surface area contributed by atoms with E-state index in [0.29, 0.717) is 16.8 Å². The number of nitrogen functional groups attached to an aromatic ring is 1. The second-order valence-electron chi connectivity index (χ2n) is 5.39. The number of hydrogen-bond donors (Lipinski definition) is 3. The summed E-state index contributed by atoms with van der Waals surface area (Å²) in [5.41, 5.74) is 0.347. The highest BCUT2D eigenvalue weighted by Crippen LogP contribution is 2.39. The number of thioether (sulfide) groups is 1. The molecule has 5 N–H and O–H groups in total. The zero-order chi connectivity index (χ0) is 17.3. The van der Waals surface area contributed by atoms with Crippen molar-refractivity contribution in [3.8, 4) is 0 Å². The number of rotatable bonds is 6. The molecule has 1 amide bonds. The first-order valence-corrected chi connectivity index (χ1v) is 9.63. The lowest BCUT2D eigenvalue weighted by Gasteiger charge is -2.06. The third kappa shape index (κ3) is 3.86. The molecule has 3 rings (SSSR count). The number of carbonyl (C=O) groups is 1. The number of nitrogens with two attached hydrogens (primary N) is 2. The lowest BCUT2D eigenvalue weighted by atomic mass is 10.3. The third-order valence-corrected chi connectivity index (χ3v) is 5.27. The fourth-order valence-electron chi connectivity index (χ4n) is 2.08. The highest BCUT2D eigenvalue weighted by Gasteiger charge is 2.30. The van der Waals surface area contributed by atoms with E-state index < -0.39 is 10.0 Å². The predicted molar refractivity (Wildman–Crippen MR) is 89.3 cm³/mol. The molecular formula is C13H16N6O3S2. The highest BCUT2D eigenvalue weighted by molar-refractivity contribution is 7.99. The Balaban J connectivity index is 1.60. The first-order chi connectivity index (χ1) is 11.3. The highest BCUT2D eigenvalue weighted by atomic mass is 32.2. The monoisotopic (exact) mass is 368 g/mol. The van der Waals surface area contributed by atoms with E-state index in [9.17, 15) is 13.2 Å². The van der Waals surface area contributed by atoms with Gasteiger partial charge in [0.1, 0.15) is 0 Å². The lowest BCUT2D eigenvalue weighted by molar-refractivity contribution is -0.113. The molecule has 128 valence electrons. The number of sulfonamides is 1. The van der Waals surface area contributed by atoms with Crippen LogP contribution in [0.1, 0.15) is 24.6 Å². The first-order valence-electron chi connectivity index (χ1n) is 7.10. The van der Waals surface area contributed by atoms with E-state index in [2.05, 4.69) is 15.5 Å². The minimum atomic E-state index is -3.82. The fraction of sp³-hybridized carbons (Fsp3) is 0.308. The van der Waals surface area contributed by atoms with Crippen LogP contribution in [0.5, 0.6) is 0 Å². The van der Waals surface area contributed by atoms with Crippen LogP contribution >= 0.6 is 11.8 Å². The molecule has 0 saturated heterocycles. The van der Waals surface area contributed by atoms with Crippen LogP contribution in [0.25, 0.3) is 0 Å². The summed E-state index contributed by atoms with van der Waals surface area (Å²) in [5.74, 6) is 6.76. The van der Waals surface area contributed by atoms with E-state index in [1.807, 2.05) is 0 Å².